The first kappa shape index (κ1) is 12.8. The monoisotopic (exact) mass is 280 g/mol. The third-order valence-corrected chi connectivity index (χ3v) is 4.90. The van der Waals surface area contributed by atoms with E-state index in [0.717, 1.165) is 24.1 Å². The number of aromatic nitrogens is 1. The van der Waals surface area contributed by atoms with Crippen LogP contribution in [0.2, 0.25) is 0 Å². The number of anilines is 1. The Morgan fingerprint density at radius 2 is 1.86 bits per heavy atom. The van der Waals surface area contributed by atoms with Crippen LogP contribution in [0.5, 0.6) is 0 Å². The molecule has 108 valence electrons. The maximum atomic E-state index is 11.9. The number of Topliss-reactive ketones (excluding diaryl/α,β-unsaturated/α-hetero) is 1. The average Bonchev–Trinajstić information content (AvgIpc) is 2.46. The standard InChI is InChI=1S/C18H20N2O/c1-12-8-9-13-4-2-7-17(18(13)19-12)20-14-5-3-6-15(20)11-16(21)10-14/h2,4,7-9,14-15H,3,5-6,10-11H2,1H3. The molecule has 3 heterocycles. The maximum absolute atomic E-state index is 11.9. The van der Waals surface area contributed by atoms with Crippen molar-refractivity contribution in [3.8, 4) is 0 Å². The van der Waals surface area contributed by atoms with Gasteiger partial charge in [0, 0.05) is 36.0 Å². The van der Waals surface area contributed by atoms with E-state index < -0.39 is 0 Å². The lowest BCUT2D eigenvalue weighted by atomic mass is 9.83. The molecule has 1 aromatic carbocycles. The van der Waals surface area contributed by atoms with E-state index in [1.54, 1.807) is 0 Å². The van der Waals surface area contributed by atoms with Crippen molar-refractivity contribution in [3.05, 3.63) is 36.0 Å². The fraction of sp³-hybridized carbons (Fsp3) is 0.444. The van der Waals surface area contributed by atoms with E-state index in [0.29, 0.717) is 30.7 Å². The van der Waals surface area contributed by atoms with Gasteiger partial charge in [-0.2, -0.15) is 0 Å². The topological polar surface area (TPSA) is 33.2 Å². The number of carbonyl (C=O) groups is 1. The summed E-state index contributed by atoms with van der Waals surface area (Å²) in [6, 6.07) is 11.4. The van der Waals surface area contributed by atoms with Crippen LogP contribution in [-0.2, 0) is 4.79 Å². The molecule has 2 unspecified atom stereocenters. The van der Waals surface area contributed by atoms with E-state index in [1.807, 2.05) is 6.92 Å². The Morgan fingerprint density at radius 1 is 1.10 bits per heavy atom. The van der Waals surface area contributed by atoms with Crippen LogP contribution in [0.25, 0.3) is 10.9 Å². The number of fused-ring (bicyclic) bond motifs is 3. The van der Waals surface area contributed by atoms with Gasteiger partial charge in [-0.25, -0.2) is 0 Å². The molecule has 2 fully saturated rings. The molecular formula is C18H20N2O. The average molecular weight is 280 g/mol. The number of rotatable bonds is 1. The van der Waals surface area contributed by atoms with Gasteiger partial charge in [0.1, 0.15) is 5.78 Å². The van der Waals surface area contributed by atoms with Crippen LogP contribution in [-0.4, -0.2) is 22.9 Å². The van der Waals surface area contributed by atoms with Crippen molar-refractivity contribution in [1.29, 1.82) is 0 Å². The number of benzene rings is 1. The summed E-state index contributed by atoms with van der Waals surface area (Å²) in [4.78, 5) is 19.2. The molecule has 0 N–H and O–H groups in total. The number of ketones is 1. The lowest BCUT2D eigenvalue weighted by Gasteiger charge is -2.47. The molecule has 3 heteroatoms. The summed E-state index contributed by atoms with van der Waals surface area (Å²) in [6.07, 6.45) is 4.92. The Bertz CT molecular complexity index is 693. The molecule has 0 radical (unpaired) electrons. The number of carbonyl (C=O) groups excluding carboxylic acids is 1. The molecule has 2 bridgehead atoms. The first-order chi connectivity index (χ1) is 10.2. The van der Waals surface area contributed by atoms with Crippen LogP contribution in [0.15, 0.2) is 30.3 Å². The SMILES string of the molecule is Cc1ccc2cccc(N3C4CCCC3CC(=O)C4)c2n1. The van der Waals surface area contributed by atoms with E-state index in [2.05, 4.69) is 35.2 Å². The van der Waals surface area contributed by atoms with Crippen molar-refractivity contribution in [2.45, 2.75) is 51.1 Å². The number of para-hydroxylation sites is 1. The highest BCUT2D eigenvalue weighted by molar-refractivity contribution is 5.93. The van der Waals surface area contributed by atoms with E-state index in [1.165, 1.54) is 17.5 Å². The highest BCUT2D eigenvalue weighted by atomic mass is 16.1. The lowest BCUT2D eigenvalue weighted by Crippen LogP contribution is -2.52. The quantitative estimate of drug-likeness (QED) is 0.799. The zero-order valence-corrected chi connectivity index (χ0v) is 12.4. The van der Waals surface area contributed by atoms with Gasteiger partial charge >= 0.3 is 0 Å². The molecule has 0 aliphatic carbocycles. The number of piperidine rings is 2. The number of hydrogen-bond donors (Lipinski definition) is 0. The van der Waals surface area contributed by atoms with Crippen LogP contribution in [0.3, 0.4) is 0 Å². The molecule has 0 amide bonds. The minimum atomic E-state index is 0.373. The fourth-order valence-corrected chi connectivity index (χ4v) is 4.01. The first-order valence-electron chi connectivity index (χ1n) is 7.89. The second-order valence-electron chi connectivity index (χ2n) is 6.39. The van der Waals surface area contributed by atoms with Crippen LogP contribution < -0.4 is 4.90 Å². The van der Waals surface area contributed by atoms with Gasteiger partial charge in [0.05, 0.1) is 11.2 Å². The van der Waals surface area contributed by atoms with Gasteiger partial charge in [-0.05, 0) is 38.3 Å². The van der Waals surface area contributed by atoms with Crippen molar-refractivity contribution >= 4 is 22.4 Å². The Kier molecular flexibility index (Phi) is 2.95. The molecule has 4 rings (SSSR count). The normalized spacial score (nSPS) is 25.4. The smallest absolute Gasteiger partial charge is 0.137 e. The molecule has 2 aromatic rings. The lowest BCUT2D eigenvalue weighted by molar-refractivity contribution is -0.121. The predicted molar refractivity (Wildman–Crippen MR) is 84.6 cm³/mol. The Morgan fingerprint density at radius 3 is 2.62 bits per heavy atom. The predicted octanol–water partition coefficient (Wildman–Crippen LogP) is 3.63. The summed E-state index contributed by atoms with van der Waals surface area (Å²) in [5, 5.41) is 1.19. The molecule has 1 aromatic heterocycles. The van der Waals surface area contributed by atoms with Crippen LogP contribution in [0.1, 0.15) is 37.8 Å². The molecule has 0 saturated carbocycles. The molecule has 2 saturated heterocycles. The third kappa shape index (κ3) is 2.11. The van der Waals surface area contributed by atoms with Crippen molar-refractivity contribution in [1.82, 2.24) is 4.98 Å². The molecule has 2 aliphatic heterocycles. The highest BCUT2D eigenvalue weighted by Gasteiger charge is 2.38. The second kappa shape index (κ2) is 4.83. The largest absolute Gasteiger partial charge is 0.363 e. The summed E-state index contributed by atoms with van der Waals surface area (Å²) in [7, 11) is 0. The van der Waals surface area contributed by atoms with E-state index in [4.69, 9.17) is 4.98 Å². The van der Waals surface area contributed by atoms with Gasteiger partial charge < -0.3 is 4.90 Å². The van der Waals surface area contributed by atoms with Crippen molar-refractivity contribution in [2.75, 3.05) is 4.90 Å². The van der Waals surface area contributed by atoms with Crippen LogP contribution in [0.4, 0.5) is 5.69 Å². The zero-order valence-electron chi connectivity index (χ0n) is 12.4. The third-order valence-electron chi connectivity index (χ3n) is 4.90. The Hall–Kier alpha value is -1.90. The molecule has 0 spiro atoms. The number of aryl methyl sites for hydroxylation is 1. The van der Waals surface area contributed by atoms with Gasteiger partial charge in [-0.3, -0.25) is 9.78 Å². The van der Waals surface area contributed by atoms with Gasteiger partial charge in [0.15, 0.2) is 0 Å². The van der Waals surface area contributed by atoms with Gasteiger partial charge in [0.25, 0.3) is 0 Å². The summed E-state index contributed by atoms with van der Waals surface area (Å²) in [5.41, 5.74) is 3.36. The molecule has 21 heavy (non-hydrogen) atoms. The first-order valence-corrected chi connectivity index (χ1v) is 7.89. The Labute approximate surface area is 125 Å². The van der Waals surface area contributed by atoms with Gasteiger partial charge in [-0.15, -0.1) is 0 Å². The number of hydrogen-bond acceptors (Lipinski definition) is 3. The summed E-state index contributed by atoms with van der Waals surface area (Å²) >= 11 is 0. The van der Waals surface area contributed by atoms with E-state index >= 15 is 0 Å². The number of nitrogens with zero attached hydrogens (tertiary/aromatic N) is 2. The molecule has 2 atom stereocenters. The molecular weight excluding hydrogens is 260 g/mol. The second-order valence-corrected chi connectivity index (χ2v) is 6.39. The van der Waals surface area contributed by atoms with Crippen molar-refractivity contribution in [2.24, 2.45) is 0 Å². The minimum absolute atomic E-state index is 0.373. The highest BCUT2D eigenvalue weighted by Crippen LogP contribution is 2.38. The summed E-state index contributed by atoms with van der Waals surface area (Å²) in [5.74, 6) is 0.435. The van der Waals surface area contributed by atoms with E-state index in [-0.39, 0.29) is 0 Å². The molecule has 3 nitrogen and oxygen atoms in total. The van der Waals surface area contributed by atoms with Crippen LogP contribution in [0, 0.1) is 6.92 Å². The summed E-state index contributed by atoms with van der Waals surface area (Å²) in [6.45, 7) is 2.04. The Balaban J connectivity index is 1.86. The van der Waals surface area contributed by atoms with Gasteiger partial charge in [-0.1, -0.05) is 18.2 Å². The number of pyridine rings is 1. The van der Waals surface area contributed by atoms with Crippen LogP contribution >= 0.6 is 0 Å². The fourth-order valence-electron chi connectivity index (χ4n) is 4.01. The van der Waals surface area contributed by atoms with Gasteiger partial charge in [0.2, 0.25) is 0 Å². The van der Waals surface area contributed by atoms with Crippen molar-refractivity contribution in [3.63, 3.8) is 0 Å². The zero-order chi connectivity index (χ0) is 14.4. The van der Waals surface area contributed by atoms with E-state index in [9.17, 15) is 4.79 Å². The van der Waals surface area contributed by atoms with Crippen molar-refractivity contribution < 1.29 is 4.79 Å². The minimum Gasteiger partial charge on any atom is -0.363 e. The summed E-state index contributed by atoms with van der Waals surface area (Å²) < 4.78 is 0. The maximum Gasteiger partial charge on any atom is 0.137 e. The molecule has 2 aliphatic rings.